The molecule has 1 aliphatic carbocycles. The van der Waals surface area contributed by atoms with E-state index < -0.39 is 0 Å². The van der Waals surface area contributed by atoms with Crippen LogP contribution in [-0.4, -0.2) is 18.4 Å². The van der Waals surface area contributed by atoms with E-state index in [1.54, 1.807) is 0 Å². The summed E-state index contributed by atoms with van der Waals surface area (Å²) >= 11 is 3.44. The maximum atomic E-state index is 11.9. The second-order valence-electron chi connectivity index (χ2n) is 4.86. The molecule has 2 rings (SSSR count). The molecule has 0 aliphatic heterocycles. The lowest BCUT2D eigenvalue weighted by Gasteiger charge is -2.04. The summed E-state index contributed by atoms with van der Waals surface area (Å²) in [6.45, 7) is 0.517. The van der Waals surface area contributed by atoms with Gasteiger partial charge in [-0.05, 0) is 36.5 Å². The first kappa shape index (κ1) is 14.1. The molecule has 0 radical (unpaired) electrons. The fourth-order valence-corrected chi connectivity index (χ4v) is 2.61. The molecule has 0 heterocycles. The smallest absolute Gasteiger partial charge is 0.223 e. The number of amides is 2. The van der Waals surface area contributed by atoms with Gasteiger partial charge in [0.15, 0.2) is 0 Å². The topological polar surface area (TPSA) is 72.2 Å². The average Bonchev–Trinajstić information content (AvgIpc) is 3.14. The molecule has 102 valence electrons. The molecular formula is C14H17BrN2O2. The van der Waals surface area contributed by atoms with E-state index in [-0.39, 0.29) is 17.7 Å². The number of nitrogens with two attached hydrogens (primary N) is 1. The number of benzene rings is 1. The molecule has 1 saturated carbocycles. The molecule has 3 N–H and O–H groups in total. The van der Waals surface area contributed by atoms with Crippen LogP contribution in [0.1, 0.15) is 30.7 Å². The van der Waals surface area contributed by atoms with Gasteiger partial charge >= 0.3 is 0 Å². The Morgan fingerprint density at radius 1 is 1.42 bits per heavy atom. The lowest BCUT2D eigenvalue weighted by Crippen LogP contribution is -2.27. The molecule has 19 heavy (non-hydrogen) atoms. The first-order valence-corrected chi connectivity index (χ1v) is 7.18. The van der Waals surface area contributed by atoms with E-state index in [1.165, 1.54) is 5.56 Å². The summed E-state index contributed by atoms with van der Waals surface area (Å²) in [5, 5.41) is 2.86. The van der Waals surface area contributed by atoms with Gasteiger partial charge in [0, 0.05) is 23.4 Å². The first-order valence-electron chi connectivity index (χ1n) is 6.39. The van der Waals surface area contributed by atoms with E-state index in [4.69, 9.17) is 5.73 Å². The van der Waals surface area contributed by atoms with Crippen molar-refractivity contribution in [1.82, 2.24) is 5.32 Å². The van der Waals surface area contributed by atoms with Gasteiger partial charge in [0.2, 0.25) is 11.8 Å². The highest BCUT2D eigenvalue weighted by atomic mass is 79.9. The summed E-state index contributed by atoms with van der Waals surface area (Å²) in [5.41, 5.74) is 6.24. The summed E-state index contributed by atoms with van der Waals surface area (Å²) in [7, 11) is 0. The third kappa shape index (κ3) is 4.06. The molecule has 2 amide bonds. The largest absolute Gasteiger partial charge is 0.370 e. The van der Waals surface area contributed by atoms with Crippen molar-refractivity contribution in [3.8, 4) is 0 Å². The Bertz CT molecular complexity index is 490. The van der Waals surface area contributed by atoms with Crippen molar-refractivity contribution in [2.24, 2.45) is 11.7 Å². The summed E-state index contributed by atoms with van der Waals surface area (Å²) in [4.78, 5) is 22.4. The Labute approximate surface area is 120 Å². The zero-order valence-corrected chi connectivity index (χ0v) is 12.2. The lowest BCUT2D eigenvalue weighted by molar-refractivity contribution is -0.123. The van der Waals surface area contributed by atoms with Gasteiger partial charge in [0.25, 0.3) is 0 Å². The lowest BCUT2D eigenvalue weighted by atomic mass is 10.1. The Morgan fingerprint density at radius 3 is 2.89 bits per heavy atom. The number of carbonyl (C=O) groups is 2. The summed E-state index contributed by atoms with van der Waals surface area (Å²) in [6.07, 6.45) is 1.83. The van der Waals surface area contributed by atoms with Crippen molar-refractivity contribution in [3.05, 3.63) is 34.3 Å². The second-order valence-corrected chi connectivity index (χ2v) is 5.78. The van der Waals surface area contributed by atoms with Gasteiger partial charge < -0.3 is 11.1 Å². The molecule has 1 fully saturated rings. The van der Waals surface area contributed by atoms with Crippen molar-refractivity contribution in [2.75, 3.05) is 6.54 Å². The van der Waals surface area contributed by atoms with E-state index >= 15 is 0 Å². The highest BCUT2D eigenvalue weighted by molar-refractivity contribution is 9.10. The highest BCUT2D eigenvalue weighted by Crippen LogP contribution is 2.47. The van der Waals surface area contributed by atoms with Crippen LogP contribution in [0, 0.1) is 5.92 Å². The molecule has 0 aromatic heterocycles. The Hall–Kier alpha value is -1.36. The number of rotatable bonds is 6. The van der Waals surface area contributed by atoms with Crippen LogP contribution >= 0.6 is 15.9 Å². The summed E-state index contributed by atoms with van der Waals surface area (Å²) < 4.78 is 1.04. The predicted octanol–water partition coefficient (Wildman–Crippen LogP) is 1.93. The van der Waals surface area contributed by atoms with E-state index in [9.17, 15) is 9.59 Å². The molecule has 1 aliphatic rings. The van der Waals surface area contributed by atoms with Gasteiger partial charge in [-0.3, -0.25) is 9.59 Å². The Kier molecular flexibility index (Phi) is 4.58. The zero-order valence-electron chi connectivity index (χ0n) is 10.6. The van der Waals surface area contributed by atoms with Crippen LogP contribution < -0.4 is 11.1 Å². The third-order valence-electron chi connectivity index (χ3n) is 3.30. The van der Waals surface area contributed by atoms with Crippen LogP contribution in [0.15, 0.2) is 28.7 Å². The minimum atomic E-state index is -0.326. The van der Waals surface area contributed by atoms with Gasteiger partial charge in [-0.2, -0.15) is 0 Å². The maximum absolute atomic E-state index is 11.9. The molecule has 2 atom stereocenters. The van der Waals surface area contributed by atoms with E-state index in [0.717, 1.165) is 10.9 Å². The standard InChI is InChI=1S/C14H17BrN2O2/c15-10-4-1-3-9(7-10)11-8-12(11)14(19)17-6-2-5-13(16)18/h1,3-4,7,11-12H,2,5-6,8H2,(H2,16,18)(H,17,19)/t11-,12-/m0/s1. The SMILES string of the molecule is NC(=O)CCCNC(=O)[C@H]1C[C@H]1c1cccc(Br)c1. The van der Waals surface area contributed by atoms with Crippen molar-refractivity contribution in [1.29, 1.82) is 0 Å². The summed E-state index contributed by atoms with van der Waals surface area (Å²) in [5.74, 6) is 0.152. The number of hydrogen-bond donors (Lipinski definition) is 2. The van der Waals surface area contributed by atoms with Crippen molar-refractivity contribution in [2.45, 2.75) is 25.2 Å². The minimum absolute atomic E-state index is 0.0721. The highest BCUT2D eigenvalue weighted by Gasteiger charge is 2.43. The van der Waals surface area contributed by atoms with Crippen LogP contribution in [-0.2, 0) is 9.59 Å². The van der Waals surface area contributed by atoms with Crippen molar-refractivity contribution >= 4 is 27.7 Å². The Morgan fingerprint density at radius 2 is 2.21 bits per heavy atom. The average molecular weight is 325 g/mol. The van der Waals surface area contributed by atoms with Crippen LogP contribution in [0.4, 0.5) is 0 Å². The molecule has 1 aromatic rings. The number of nitrogens with one attached hydrogen (secondary N) is 1. The van der Waals surface area contributed by atoms with Gasteiger partial charge in [-0.1, -0.05) is 28.1 Å². The zero-order chi connectivity index (χ0) is 13.8. The van der Waals surface area contributed by atoms with Crippen LogP contribution in [0.5, 0.6) is 0 Å². The number of halogens is 1. The third-order valence-corrected chi connectivity index (χ3v) is 3.80. The summed E-state index contributed by atoms with van der Waals surface area (Å²) in [6, 6.07) is 8.07. The van der Waals surface area contributed by atoms with Crippen molar-refractivity contribution < 1.29 is 9.59 Å². The quantitative estimate of drug-likeness (QED) is 0.785. The van der Waals surface area contributed by atoms with Crippen LogP contribution in [0.25, 0.3) is 0 Å². The first-order chi connectivity index (χ1) is 9.08. The minimum Gasteiger partial charge on any atom is -0.370 e. The van der Waals surface area contributed by atoms with E-state index in [0.29, 0.717) is 25.3 Å². The monoisotopic (exact) mass is 324 g/mol. The molecule has 0 spiro atoms. The Balaban J connectivity index is 1.76. The van der Waals surface area contributed by atoms with E-state index in [1.807, 2.05) is 12.1 Å². The maximum Gasteiger partial charge on any atom is 0.223 e. The number of primary amides is 1. The fourth-order valence-electron chi connectivity index (χ4n) is 2.20. The number of hydrogen-bond acceptors (Lipinski definition) is 2. The van der Waals surface area contributed by atoms with Crippen LogP contribution in [0.3, 0.4) is 0 Å². The van der Waals surface area contributed by atoms with Crippen LogP contribution in [0.2, 0.25) is 0 Å². The molecule has 5 heteroatoms. The van der Waals surface area contributed by atoms with Gasteiger partial charge in [0.05, 0.1) is 0 Å². The van der Waals surface area contributed by atoms with Gasteiger partial charge in [-0.25, -0.2) is 0 Å². The molecular weight excluding hydrogens is 308 g/mol. The molecule has 0 saturated heterocycles. The molecule has 1 aromatic carbocycles. The second kappa shape index (κ2) is 6.19. The normalized spacial score (nSPS) is 20.9. The van der Waals surface area contributed by atoms with Gasteiger partial charge in [-0.15, -0.1) is 0 Å². The van der Waals surface area contributed by atoms with Gasteiger partial charge in [0.1, 0.15) is 0 Å². The van der Waals surface area contributed by atoms with E-state index in [2.05, 4.69) is 33.4 Å². The molecule has 0 bridgehead atoms. The van der Waals surface area contributed by atoms with Crippen molar-refractivity contribution in [3.63, 3.8) is 0 Å². The predicted molar refractivity (Wildman–Crippen MR) is 76.4 cm³/mol. The molecule has 4 nitrogen and oxygen atoms in total. The molecule has 0 unspecified atom stereocenters. The fraction of sp³-hybridized carbons (Fsp3) is 0.429. The number of carbonyl (C=O) groups excluding carboxylic acids is 2.